The molecular formula is C26H24N2O3S. The van der Waals surface area contributed by atoms with Crippen LogP contribution in [0.4, 0.5) is 5.69 Å². The van der Waals surface area contributed by atoms with Crippen LogP contribution in [0.15, 0.2) is 95.9 Å². The van der Waals surface area contributed by atoms with Crippen molar-refractivity contribution in [2.24, 2.45) is 0 Å². The highest BCUT2D eigenvalue weighted by Crippen LogP contribution is 2.21. The first-order valence-corrected chi connectivity index (χ1v) is 11.8. The minimum atomic E-state index is -3.71. The van der Waals surface area contributed by atoms with E-state index in [1.54, 1.807) is 42.5 Å². The topological polar surface area (TPSA) is 75.3 Å². The van der Waals surface area contributed by atoms with Gasteiger partial charge in [0, 0.05) is 12.2 Å². The van der Waals surface area contributed by atoms with E-state index >= 15 is 0 Å². The Labute approximate surface area is 188 Å². The summed E-state index contributed by atoms with van der Waals surface area (Å²) in [6.07, 6.45) is 0.226. The molecule has 1 amide bonds. The van der Waals surface area contributed by atoms with Gasteiger partial charge in [-0.25, -0.2) is 8.42 Å². The van der Waals surface area contributed by atoms with E-state index in [0.29, 0.717) is 12.2 Å². The lowest BCUT2D eigenvalue weighted by Gasteiger charge is -2.10. The molecule has 5 nitrogen and oxygen atoms in total. The summed E-state index contributed by atoms with van der Waals surface area (Å²) >= 11 is 0. The first-order chi connectivity index (χ1) is 15.4. The molecule has 162 valence electrons. The first kappa shape index (κ1) is 21.6. The van der Waals surface area contributed by atoms with E-state index in [9.17, 15) is 13.2 Å². The van der Waals surface area contributed by atoms with Gasteiger partial charge in [0.15, 0.2) is 0 Å². The Balaban J connectivity index is 1.38. The molecule has 0 spiro atoms. The number of nitrogens with one attached hydrogen (secondary N) is 2. The zero-order valence-electron chi connectivity index (χ0n) is 17.7. The fraction of sp³-hybridized carbons (Fsp3) is 0.115. The third kappa shape index (κ3) is 5.15. The van der Waals surface area contributed by atoms with Gasteiger partial charge in [-0.1, -0.05) is 66.7 Å². The number of fused-ring (bicyclic) bond motifs is 1. The molecular weight excluding hydrogens is 420 g/mol. The summed E-state index contributed by atoms with van der Waals surface area (Å²) in [5.74, 6) is -0.0854. The molecule has 4 aromatic carbocycles. The monoisotopic (exact) mass is 444 g/mol. The van der Waals surface area contributed by atoms with Gasteiger partial charge in [0.05, 0.1) is 11.3 Å². The van der Waals surface area contributed by atoms with Gasteiger partial charge in [0.1, 0.15) is 0 Å². The van der Waals surface area contributed by atoms with E-state index in [4.69, 9.17) is 0 Å². The van der Waals surface area contributed by atoms with Crippen molar-refractivity contribution in [1.29, 1.82) is 0 Å². The van der Waals surface area contributed by atoms with Gasteiger partial charge in [-0.3, -0.25) is 9.52 Å². The van der Waals surface area contributed by atoms with E-state index in [-0.39, 0.29) is 17.2 Å². The number of hydrogen-bond donors (Lipinski definition) is 2. The molecule has 0 radical (unpaired) electrons. The number of sulfonamides is 1. The predicted molar refractivity (Wildman–Crippen MR) is 128 cm³/mol. The van der Waals surface area contributed by atoms with Crippen molar-refractivity contribution in [1.82, 2.24) is 5.32 Å². The Morgan fingerprint density at radius 1 is 0.812 bits per heavy atom. The summed E-state index contributed by atoms with van der Waals surface area (Å²) in [4.78, 5) is 12.5. The first-order valence-electron chi connectivity index (χ1n) is 10.3. The van der Waals surface area contributed by atoms with Crippen LogP contribution >= 0.6 is 0 Å². The Kier molecular flexibility index (Phi) is 6.23. The Hall–Kier alpha value is -3.64. The van der Waals surface area contributed by atoms with Crippen LogP contribution in [0.5, 0.6) is 0 Å². The van der Waals surface area contributed by atoms with Gasteiger partial charge in [-0.05, 0) is 58.7 Å². The van der Waals surface area contributed by atoms with Crippen molar-refractivity contribution in [3.05, 3.63) is 108 Å². The molecule has 0 aliphatic rings. The zero-order chi connectivity index (χ0) is 22.6. The van der Waals surface area contributed by atoms with Crippen LogP contribution in [-0.2, 0) is 27.8 Å². The summed E-state index contributed by atoms with van der Waals surface area (Å²) in [7, 11) is -3.71. The second-order valence-corrected chi connectivity index (χ2v) is 9.37. The summed E-state index contributed by atoms with van der Waals surface area (Å²) in [6.45, 7) is 2.49. The molecule has 2 N–H and O–H groups in total. The Bertz CT molecular complexity index is 1360. The van der Waals surface area contributed by atoms with E-state index in [2.05, 4.69) is 10.0 Å². The predicted octanol–water partition coefficient (Wildman–Crippen LogP) is 4.81. The Morgan fingerprint density at radius 3 is 2.25 bits per heavy atom. The fourth-order valence-electron chi connectivity index (χ4n) is 3.49. The number of rotatable bonds is 7. The lowest BCUT2D eigenvalue weighted by atomic mass is 10.1. The maximum atomic E-state index is 12.8. The standard InChI is InChI=1S/C26H24N2O3S/c1-19-6-2-3-9-23(19)18-27-26(29)16-20-10-13-24(14-11-20)28-32(30,31)25-15-12-21-7-4-5-8-22(21)17-25/h2-15,17,28H,16,18H2,1H3,(H,27,29). The number of anilines is 1. The Morgan fingerprint density at radius 2 is 1.50 bits per heavy atom. The van der Waals surface area contributed by atoms with Gasteiger partial charge in [0.25, 0.3) is 10.0 Å². The molecule has 0 atom stereocenters. The van der Waals surface area contributed by atoms with Crippen LogP contribution in [0.25, 0.3) is 10.8 Å². The van der Waals surface area contributed by atoms with Crippen LogP contribution < -0.4 is 10.0 Å². The molecule has 0 unspecified atom stereocenters. The number of carbonyl (C=O) groups is 1. The van der Waals surface area contributed by atoms with E-state index in [1.165, 1.54) is 0 Å². The molecule has 0 saturated carbocycles. The summed E-state index contributed by atoms with van der Waals surface area (Å²) < 4.78 is 28.2. The zero-order valence-corrected chi connectivity index (χ0v) is 18.5. The van der Waals surface area contributed by atoms with Gasteiger partial charge in [0.2, 0.25) is 5.91 Å². The van der Waals surface area contributed by atoms with Gasteiger partial charge < -0.3 is 5.32 Å². The second-order valence-electron chi connectivity index (χ2n) is 7.69. The second kappa shape index (κ2) is 9.24. The third-order valence-electron chi connectivity index (χ3n) is 5.34. The quantitative estimate of drug-likeness (QED) is 0.430. The molecule has 0 heterocycles. The lowest BCUT2D eigenvalue weighted by Crippen LogP contribution is -2.24. The summed E-state index contributed by atoms with van der Waals surface area (Å²) in [6, 6.07) is 27.4. The highest BCUT2D eigenvalue weighted by molar-refractivity contribution is 7.92. The molecule has 0 aliphatic heterocycles. The molecule has 0 bridgehead atoms. The lowest BCUT2D eigenvalue weighted by molar-refractivity contribution is -0.120. The van der Waals surface area contributed by atoms with Gasteiger partial charge in [-0.15, -0.1) is 0 Å². The number of benzene rings is 4. The highest BCUT2D eigenvalue weighted by Gasteiger charge is 2.15. The number of amides is 1. The van der Waals surface area contributed by atoms with Crippen LogP contribution in [0, 0.1) is 6.92 Å². The minimum absolute atomic E-state index is 0.0854. The molecule has 0 aliphatic carbocycles. The normalized spacial score (nSPS) is 11.3. The van der Waals surface area contributed by atoms with Crippen LogP contribution in [0.2, 0.25) is 0 Å². The third-order valence-corrected chi connectivity index (χ3v) is 6.72. The van der Waals surface area contributed by atoms with E-state index in [1.807, 2.05) is 55.5 Å². The minimum Gasteiger partial charge on any atom is -0.352 e. The number of carbonyl (C=O) groups excluding carboxylic acids is 1. The van der Waals surface area contributed by atoms with Crippen LogP contribution in [0.1, 0.15) is 16.7 Å². The SMILES string of the molecule is Cc1ccccc1CNC(=O)Cc1ccc(NS(=O)(=O)c2ccc3ccccc3c2)cc1. The van der Waals surface area contributed by atoms with Crippen molar-refractivity contribution in [3.8, 4) is 0 Å². The fourth-order valence-corrected chi connectivity index (χ4v) is 4.58. The smallest absolute Gasteiger partial charge is 0.261 e. The molecule has 4 rings (SSSR count). The van der Waals surface area contributed by atoms with Crippen molar-refractivity contribution >= 4 is 32.4 Å². The summed E-state index contributed by atoms with van der Waals surface area (Å²) in [5.41, 5.74) is 3.47. The van der Waals surface area contributed by atoms with Crippen LogP contribution in [0.3, 0.4) is 0 Å². The van der Waals surface area contributed by atoms with Gasteiger partial charge in [-0.2, -0.15) is 0 Å². The molecule has 0 aromatic heterocycles. The van der Waals surface area contributed by atoms with E-state index in [0.717, 1.165) is 27.5 Å². The average molecular weight is 445 g/mol. The largest absolute Gasteiger partial charge is 0.352 e. The van der Waals surface area contributed by atoms with Gasteiger partial charge >= 0.3 is 0 Å². The molecule has 4 aromatic rings. The average Bonchev–Trinajstić information content (AvgIpc) is 2.79. The van der Waals surface area contributed by atoms with Crippen molar-refractivity contribution in [2.45, 2.75) is 24.8 Å². The number of hydrogen-bond acceptors (Lipinski definition) is 3. The maximum absolute atomic E-state index is 12.8. The highest BCUT2D eigenvalue weighted by atomic mass is 32.2. The number of aryl methyl sites for hydroxylation is 1. The molecule has 6 heteroatoms. The van der Waals surface area contributed by atoms with Crippen molar-refractivity contribution in [2.75, 3.05) is 4.72 Å². The molecule has 32 heavy (non-hydrogen) atoms. The summed E-state index contributed by atoms with van der Waals surface area (Å²) in [5, 5.41) is 4.77. The van der Waals surface area contributed by atoms with Crippen LogP contribution in [-0.4, -0.2) is 14.3 Å². The molecule has 0 fully saturated rings. The van der Waals surface area contributed by atoms with E-state index < -0.39 is 10.0 Å². The van der Waals surface area contributed by atoms with Crippen molar-refractivity contribution < 1.29 is 13.2 Å². The molecule has 0 saturated heterocycles. The maximum Gasteiger partial charge on any atom is 0.261 e. The van der Waals surface area contributed by atoms with Crippen molar-refractivity contribution in [3.63, 3.8) is 0 Å².